The van der Waals surface area contributed by atoms with Crippen LogP contribution in [0.2, 0.25) is 0 Å². The molecule has 1 aliphatic rings. The topological polar surface area (TPSA) is 12.0 Å². The highest BCUT2D eigenvalue weighted by Crippen LogP contribution is 2.27. The third kappa shape index (κ3) is 6.43. The van der Waals surface area contributed by atoms with Gasteiger partial charge >= 0.3 is 6.18 Å². The zero-order valence-corrected chi connectivity index (χ0v) is 11.2. The molecule has 0 spiro atoms. The van der Waals surface area contributed by atoms with Crippen molar-refractivity contribution < 1.29 is 13.2 Å². The molecule has 106 valence electrons. The van der Waals surface area contributed by atoms with Crippen LogP contribution >= 0.6 is 0 Å². The minimum absolute atomic E-state index is 0.0882. The van der Waals surface area contributed by atoms with E-state index in [-0.39, 0.29) is 12.5 Å². The lowest BCUT2D eigenvalue weighted by molar-refractivity contribution is -0.136. The smallest absolute Gasteiger partial charge is 0.311 e. The van der Waals surface area contributed by atoms with Gasteiger partial charge in [-0.25, -0.2) is 0 Å². The van der Waals surface area contributed by atoms with Gasteiger partial charge in [0, 0.05) is 12.5 Å². The van der Waals surface area contributed by atoms with Gasteiger partial charge in [0.05, 0.1) is 0 Å². The monoisotopic (exact) mass is 263 g/mol. The van der Waals surface area contributed by atoms with Crippen LogP contribution in [0.5, 0.6) is 0 Å². The van der Waals surface area contributed by atoms with Crippen molar-refractivity contribution >= 4 is 0 Å². The Bertz CT molecular complexity index is 258. The molecule has 1 unspecified atom stereocenters. The van der Waals surface area contributed by atoms with Gasteiger partial charge in [-0.3, -0.25) is 0 Å². The Morgan fingerprint density at radius 2 is 1.94 bits per heavy atom. The predicted octanol–water partition coefficient (Wildman–Crippen LogP) is 4.59. The highest BCUT2D eigenvalue weighted by Gasteiger charge is 2.29. The zero-order valence-electron chi connectivity index (χ0n) is 11.2. The maximum atomic E-state index is 12.3. The van der Waals surface area contributed by atoms with Crippen molar-refractivity contribution in [2.45, 2.75) is 70.5 Å². The van der Waals surface area contributed by atoms with Crippen molar-refractivity contribution in [2.24, 2.45) is 0 Å². The molecule has 18 heavy (non-hydrogen) atoms. The molecule has 1 atom stereocenters. The summed E-state index contributed by atoms with van der Waals surface area (Å²) in [6, 6.07) is -0.0882. The maximum Gasteiger partial charge on any atom is 0.389 e. The second-order valence-corrected chi connectivity index (χ2v) is 5.00. The van der Waals surface area contributed by atoms with Crippen LogP contribution in [-0.2, 0) is 0 Å². The third-order valence-electron chi connectivity index (χ3n) is 3.44. The van der Waals surface area contributed by atoms with Crippen LogP contribution in [-0.4, -0.2) is 18.8 Å². The number of allylic oxidation sites excluding steroid dienone is 1. The fourth-order valence-corrected chi connectivity index (χ4v) is 2.51. The second kappa shape index (κ2) is 7.82. The summed E-state index contributed by atoms with van der Waals surface area (Å²) in [5.74, 6) is 0. The van der Waals surface area contributed by atoms with E-state index < -0.39 is 12.6 Å². The molecule has 0 fully saturated rings. The molecule has 0 heterocycles. The molecule has 4 heteroatoms. The third-order valence-corrected chi connectivity index (χ3v) is 3.44. The SMILES string of the molecule is CCNC(CCC(F)(F)F)C1=CCCCCCC1. The van der Waals surface area contributed by atoms with Crippen molar-refractivity contribution in [3.63, 3.8) is 0 Å². The number of rotatable bonds is 5. The van der Waals surface area contributed by atoms with Crippen molar-refractivity contribution in [3.05, 3.63) is 11.6 Å². The largest absolute Gasteiger partial charge is 0.389 e. The van der Waals surface area contributed by atoms with Gasteiger partial charge in [-0.15, -0.1) is 0 Å². The zero-order chi connectivity index (χ0) is 13.4. The number of nitrogens with one attached hydrogen (secondary N) is 1. The summed E-state index contributed by atoms with van der Waals surface area (Å²) >= 11 is 0. The normalized spacial score (nSPS) is 19.9. The molecule has 0 saturated carbocycles. The lowest BCUT2D eigenvalue weighted by Crippen LogP contribution is -2.32. The molecule has 1 rings (SSSR count). The van der Waals surface area contributed by atoms with Gasteiger partial charge in [-0.05, 0) is 38.6 Å². The van der Waals surface area contributed by atoms with Gasteiger partial charge in [0.25, 0.3) is 0 Å². The summed E-state index contributed by atoms with van der Waals surface area (Å²) in [7, 11) is 0. The first kappa shape index (κ1) is 15.5. The molecule has 0 aromatic carbocycles. The Hall–Kier alpha value is -0.510. The maximum absolute atomic E-state index is 12.3. The number of hydrogen-bond acceptors (Lipinski definition) is 1. The summed E-state index contributed by atoms with van der Waals surface area (Å²) in [6.45, 7) is 2.67. The van der Waals surface area contributed by atoms with E-state index >= 15 is 0 Å². The molecule has 1 nitrogen and oxygen atoms in total. The van der Waals surface area contributed by atoms with Crippen molar-refractivity contribution in [1.82, 2.24) is 5.32 Å². The van der Waals surface area contributed by atoms with E-state index in [1.165, 1.54) is 24.8 Å². The molecule has 0 amide bonds. The van der Waals surface area contributed by atoms with E-state index in [0.29, 0.717) is 0 Å². The number of hydrogen-bond donors (Lipinski definition) is 1. The van der Waals surface area contributed by atoms with Gasteiger partial charge in [0.2, 0.25) is 0 Å². The first-order valence-electron chi connectivity index (χ1n) is 7.02. The van der Waals surface area contributed by atoms with Crippen LogP contribution in [0.3, 0.4) is 0 Å². The van der Waals surface area contributed by atoms with Crippen LogP contribution in [0.4, 0.5) is 13.2 Å². The summed E-state index contributed by atoms with van der Waals surface area (Å²) in [5, 5.41) is 3.20. The van der Waals surface area contributed by atoms with Crippen LogP contribution in [0.1, 0.15) is 58.3 Å². The van der Waals surface area contributed by atoms with E-state index in [2.05, 4.69) is 11.4 Å². The van der Waals surface area contributed by atoms with Crippen molar-refractivity contribution in [1.29, 1.82) is 0 Å². The second-order valence-electron chi connectivity index (χ2n) is 5.00. The van der Waals surface area contributed by atoms with Crippen LogP contribution < -0.4 is 5.32 Å². The fraction of sp³-hybridized carbons (Fsp3) is 0.857. The molecule has 0 radical (unpaired) electrons. The van der Waals surface area contributed by atoms with Crippen LogP contribution in [0.25, 0.3) is 0 Å². The average molecular weight is 263 g/mol. The highest BCUT2D eigenvalue weighted by atomic mass is 19.4. The molecule has 0 aromatic rings. The number of likely N-dealkylation sites (N-methyl/N-ethyl adjacent to an activating group) is 1. The molecular formula is C14H24F3N. The number of alkyl halides is 3. The van der Waals surface area contributed by atoms with E-state index in [4.69, 9.17) is 0 Å². The van der Waals surface area contributed by atoms with Gasteiger partial charge in [0.1, 0.15) is 0 Å². The standard InChI is InChI=1S/C14H24F3N/c1-2-18-13(10-11-14(15,16)17)12-8-6-4-3-5-7-9-12/h8,13,18H,2-7,9-11H2,1H3. The Labute approximate surface area is 108 Å². The predicted molar refractivity (Wildman–Crippen MR) is 68.5 cm³/mol. The molecule has 0 saturated heterocycles. The lowest BCUT2D eigenvalue weighted by Gasteiger charge is -2.23. The molecule has 1 aliphatic carbocycles. The summed E-state index contributed by atoms with van der Waals surface area (Å²) in [5.41, 5.74) is 1.20. The van der Waals surface area contributed by atoms with Gasteiger partial charge in [-0.2, -0.15) is 13.2 Å². The first-order valence-corrected chi connectivity index (χ1v) is 7.02. The van der Waals surface area contributed by atoms with Crippen LogP contribution in [0, 0.1) is 0 Å². The van der Waals surface area contributed by atoms with E-state index in [9.17, 15) is 13.2 Å². The molecule has 1 N–H and O–H groups in total. The van der Waals surface area contributed by atoms with Gasteiger partial charge in [-0.1, -0.05) is 31.4 Å². The number of halogens is 3. The van der Waals surface area contributed by atoms with Gasteiger partial charge < -0.3 is 5.32 Å². The Morgan fingerprint density at radius 1 is 1.22 bits per heavy atom. The molecular weight excluding hydrogens is 239 g/mol. The fourth-order valence-electron chi connectivity index (χ4n) is 2.51. The highest BCUT2D eigenvalue weighted by molar-refractivity contribution is 5.11. The molecule has 0 aromatic heterocycles. The minimum atomic E-state index is -4.05. The molecule has 0 bridgehead atoms. The lowest BCUT2D eigenvalue weighted by atomic mass is 9.92. The van der Waals surface area contributed by atoms with Crippen LogP contribution in [0.15, 0.2) is 11.6 Å². The van der Waals surface area contributed by atoms with E-state index in [1.807, 2.05) is 6.92 Å². The summed E-state index contributed by atoms with van der Waals surface area (Å²) in [4.78, 5) is 0. The van der Waals surface area contributed by atoms with Crippen molar-refractivity contribution in [2.75, 3.05) is 6.54 Å². The molecule has 0 aliphatic heterocycles. The Morgan fingerprint density at radius 3 is 2.61 bits per heavy atom. The summed E-state index contributed by atoms with van der Waals surface area (Å²) < 4.78 is 37.0. The Kier molecular flexibility index (Phi) is 6.76. The summed E-state index contributed by atoms with van der Waals surface area (Å²) in [6.07, 6.45) is 4.30. The minimum Gasteiger partial charge on any atom is -0.311 e. The van der Waals surface area contributed by atoms with E-state index in [0.717, 1.165) is 25.8 Å². The average Bonchev–Trinajstić information content (AvgIpc) is 2.23. The van der Waals surface area contributed by atoms with Gasteiger partial charge in [0.15, 0.2) is 0 Å². The Balaban J connectivity index is 2.57. The van der Waals surface area contributed by atoms with Crippen molar-refractivity contribution in [3.8, 4) is 0 Å². The quantitative estimate of drug-likeness (QED) is 0.715. The first-order chi connectivity index (χ1) is 8.53. The van der Waals surface area contributed by atoms with E-state index in [1.54, 1.807) is 0 Å².